The Balaban J connectivity index is 2.02. The maximum atomic E-state index is 12.2. The van der Waals surface area contributed by atoms with Gasteiger partial charge in [-0.3, -0.25) is 19.7 Å². The Morgan fingerprint density at radius 2 is 1.81 bits per heavy atom. The van der Waals surface area contributed by atoms with Crippen molar-refractivity contribution in [3.8, 4) is 0 Å². The SMILES string of the molecule is O=C(CC1CCCCCCC1=O)c1ccc([N+](=O)[O-])cc1. The van der Waals surface area contributed by atoms with Crippen molar-refractivity contribution in [1.82, 2.24) is 0 Å². The zero-order valence-corrected chi connectivity index (χ0v) is 11.9. The first-order valence-electron chi connectivity index (χ1n) is 7.38. The van der Waals surface area contributed by atoms with E-state index in [0.717, 1.165) is 32.1 Å². The summed E-state index contributed by atoms with van der Waals surface area (Å²) < 4.78 is 0. The Labute approximate surface area is 123 Å². The molecule has 2 rings (SSSR count). The van der Waals surface area contributed by atoms with E-state index >= 15 is 0 Å². The molecule has 5 heteroatoms. The summed E-state index contributed by atoms with van der Waals surface area (Å²) in [6, 6.07) is 5.59. The van der Waals surface area contributed by atoms with Crippen LogP contribution in [0, 0.1) is 16.0 Å². The van der Waals surface area contributed by atoms with E-state index in [1.807, 2.05) is 0 Å². The molecule has 5 nitrogen and oxygen atoms in total. The molecule has 1 atom stereocenters. The van der Waals surface area contributed by atoms with Gasteiger partial charge in [0.15, 0.2) is 5.78 Å². The summed E-state index contributed by atoms with van der Waals surface area (Å²) in [4.78, 5) is 34.3. The van der Waals surface area contributed by atoms with Crippen molar-refractivity contribution >= 4 is 17.3 Å². The van der Waals surface area contributed by atoms with Gasteiger partial charge >= 0.3 is 0 Å². The average Bonchev–Trinajstić information content (AvgIpc) is 2.47. The molecule has 0 aromatic heterocycles. The van der Waals surface area contributed by atoms with Crippen LogP contribution in [-0.2, 0) is 4.79 Å². The van der Waals surface area contributed by atoms with E-state index < -0.39 is 4.92 Å². The van der Waals surface area contributed by atoms with Gasteiger partial charge in [0.2, 0.25) is 0 Å². The van der Waals surface area contributed by atoms with Gasteiger partial charge in [-0.1, -0.05) is 19.3 Å². The molecule has 0 aliphatic heterocycles. The van der Waals surface area contributed by atoms with Gasteiger partial charge in [0.05, 0.1) is 4.92 Å². The van der Waals surface area contributed by atoms with E-state index in [4.69, 9.17) is 0 Å². The number of Topliss-reactive ketones (excluding diaryl/α,β-unsaturated/α-hetero) is 2. The zero-order valence-electron chi connectivity index (χ0n) is 11.9. The monoisotopic (exact) mass is 289 g/mol. The number of nitro groups is 1. The highest BCUT2D eigenvalue weighted by molar-refractivity contribution is 5.99. The van der Waals surface area contributed by atoms with Gasteiger partial charge in [0.25, 0.3) is 5.69 Å². The number of hydrogen-bond donors (Lipinski definition) is 0. The number of benzene rings is 1. The van der Waals surface area contributed by atoms with Crippen LogP contribution in [0.3, 0.4) is 0 Å². The lowest BCUT2D eigenvalue weighted by Gasteiger charge is -2.17. The molecule has 0 heterocycles. The third-order valence-corrected chi connectivity index (χ3v) is 4.01. The van der Waals surface area contributed by atoms with Gasteiger partial charge in [0.1, 0.15) is 5.78 Å². The predicted octanol–water partition coefficient (Wildman–Crippen LogP) is 3.71. The second-order valence-electron chi connectivity index (χ2n) is 5.55. The third-order valence-electron chi connectivity index (χ3n) is 4.01. The summed E-state index contributed by atoms with van der Waals surface area (Å²) in [5.74, 6) is -0.109. The molecule has 1 aliphatic rings. The van der Waals surface area contributed by atoms with Gasteiger partial charge in [-0.05, 0) is 25.0 Å². The van der Waals surface area contributed by atoms with Crippen LogP contribution in [0.5, 0.6) is 0 Å². The lowest BCUT2D eigenvalue weighted by Crippen LogP contribution is -2.20. The van der Waals surface area contributed by atoms with E-state index in [1.54, 1.807) is 0 Å². The standard InChI is InChI=1S/C16H19NO4/c18-15-6-4-2-1-3-5-13(15)11-16(19)12-7-9-14(10-8-12)17(20)21/h7-10,13H,1-6,11H2. The smallest absolute Gasteiger partial charge is 0.269 e. The van der Waals surface area contributed by atoms with Gasteiger partial charge in [-0.25, -0.2) is 0 Å². The maximum absolute atomic E-state index is 12.2. The Morgan fingerprint density at radius 1 is 1.14 bits per heavy atom. The topological polar surface area (TPSA) is 77.3 Å². The van der Waals surface area contributed by atoms with Crippen LogP contribution >= 0.6 is 0 Å². The molecule has 0 spiro atoms. The van der Waals surface area contributed by atoms with E-state index in [2.05, 4.69) is 0 Å². The van der Waals surface area contributed by atoms with Gasteiger partial charge < -0.3 is 0 Å². The van der Waals surface area contributed by atoms with E-state index in [0.29, 0.717) is 12.0 Å². The fraction of sp³-hybridized carbons (Fsp3) is 0.500. The van der Waals surface area contributed by atoms with E-state index in [1.165, 1.54) is 24.3 Å². The number of hydrogen-bond acceptors (Lipinski definition) is 4. The van der Waals surface area contributed by atoms with Crippen LogP contribution in [0.25, 0.3) is 0 Å². The fourth-order valence-corrected chi connectivity index (χ4v) is 2.74. The lowest BCUT2D eigenvalue weighted by molar-refractivity contribution is -0.384. The molecule has 1 aliphatic carbocycles. The lowest BCUT2D eigenvalue weighted by atomic mass is 9.85. The van der Waals surface area contributed by atoms with Crippen LogP contribution in [0.4, 0.5) is 5.69 Å². The van der Waals surface area contributed by atoms with Crippen molar-refractivity contribution in [2.75, 3.05) is 0 Å². The zero-order chi connectivity index (χ0) is 15.2. The summed E-state index contributed by atoms with van der Waals surface area (Å²) in [6.45, 7) is 0. The number of nitrogens with zero attached hydrogens (tertiary/aromatic N) is 1. The first-order chi connectivity index (χ1) is 10.1. The number of nitro benzene ring substituents is 1. The van der Waals surface area contributed by atoms with Crippen molar-refractivity contribution in [1.29, 1.82) is 0 Å². The van der Waals surface area contributed by atoms with Crippen molar-refractivity contribution < 1.29 is 14.5 Å². The second kappa shape index (κ2) is 7.11. The second-order valence-corrected chi connectivity index (χ2v) is 5.55. The minimum atomic E-state index is -0.493. The van der Waals surface area contributed by atoms with Gasteiger partial charge in [-0.15, -0.1) is 0 Å². The van der Waals surface area contributed by atoms with Crippen molar-refractivity contribution in [3.63, 3.8) is 0 Å². The molecule has 1 aromatic rings. The number of rotatable bonds is 4. The van der Waals surface area contributed by atoms with Crippen molar-refractivity contribution in [2.45, 2.75) is 44.9 Å². The molecule has 1 fully saturated rings. The van der Waals surface area contributed by atoms with Crippen molar-refractivity contribution in [2.24, 2.45) is 5.92 Å². The number of carbonyl (C=O) groups is 2. The molecule has 0 bridgehead atoms. The molecule has 112 valence electrons. The molecule has 0 amide bonds. The third kappa shape index (κ3) is 4.21. The largest absolute Gasteiger partial charge is 0.299 e. The van der Waals surface area contributed by atoms with Crippen LogP contribution in [0.15, 0.2) is 24.3 Å². The van der Waals surface area contributed by atoms with Crippen LogP contribution < -0.4 is 0 Å². The Kier molecular flexibility index (Phi) is 5.20. The fourth-order valence-electron chi connectivity index (χ4n) is 2.74. The maximum Gasteiger partial charge on any atom is 0.269 e. The molecule has 0 saturated heterocycles. The van der Waals surface area contributed by atoms with E-state index in [-0.39, 0.29) is 29.6 Å². The Morgan fingerprint density at radius 3 is 2.48 bits per heavy atom. The average molecular weight is 289 g/mol. The number of carbonyl (C=O) groups excluding carboxylic acids is 2. The van der Waals surface area contributed by atoms with Crippen LogP contribution in [0.1, 0.15) is 55.3 Å². The first-order valence-corrected chi connectivity index (χ1v) is 7.38. The molecule has 0 N–H and O–H groups in total. The first kappa shape index (κ1) is 15.4. The quantitative estimate of drug-likeness (QED) is 0.481. The summed E-state index contributed by atoms with van der Waals surface area (Å²) >= 11 is 0. The molecule has 21 heavy (non-hydrogen) atoms. The molecule has 1 saturated carbocycles. The molecular weight excluding hydrogens is 270 g/mol. The summed E-state index contributed by atoms with van der Waals surface area (Å²) in [7, 11) is 0. The minimum Gasteiger partial charge on any atom is -0.299 e. The molecule has 1 aromatic carbocycles. The molecule has 0 radical (unpaired) electrons. The molecule has 1 unspecified atom stereocenters. The number of ketones is 2. The predicted molar refractivity (Wildman–Crippen MR) is 78.2 cm³/mol. The van der Waals surface area contributed by atoms with Crippen molar-refractivity contribution in [3.05, 3.63) is 39.9 Å². The van der Waals surface area contributed by atoms with Gasteiger partial charge in [0, 0.05) is 36.5 Å². The summed E-state index contributed by atoms with van der Waals surface area (Å²) in [6.07, 6.45) is 5.68. The van der Waals surface area contributed by atoms with Crippen LogP contribution in [0.2, 0.25) is 0 Å². The highest BCUT2D eigenvalue weighted by Crippen LogP contribution is 2.24. The highest BCUT2D eigenvalue weighted by Gasteiger charge is 2.23. The Hall–Kier alpha value is -2.04. The summed E-state index contributed by atoms with van der Waals surface area (Å²) in [5, 5.41) is 10.6. The van der Waals surface area contributed by atoms with E-state index in [9.17, 15) is 19.7 Å². The highest BCUT2D eigenvalue weighted by atomic mass is 16.6. The Bertz CT molecular complexity index is 536. The normalized spacial score (nSPS) is 19.6. The number of non-ortho nitro benzene ring substituents is 1. The minimum absolute atomic E-state index is 0.0337. The molecular formula is C16H19NO4. The van der Waals surface area contributed by atoms with Gasteiger partial charge in [-0.2, -0.15) is 0 Å². The van der Waals surface area contributed by atoms with Crippen LogP contribution in [-0.4, -0.2) is 16.5 Å². The summed E-state index contributed by atoms with van der Waals surface area (Å²) in [5.41, 5.74) is 0.407.